The molecule has 0 aliphatic carbocycles. The Morgan fingerprint density at radius 2 is 1.18 bits per heavy atom. The Balaban J connectivity index is 6.12. The number of unbranched alkanes of at least 4 members (excludes halogenated alkanes) is 1. The molecule has 0 bridgehead atoms. The summed E-state index contributed by atoms with van der Waals surface area (Å²) >= 11 is 4.49. The third-order valence-electron chi connectivity index (χ3n) is 6.83. The molecule has 4 amide bonds. The highest BCUT2D eigenvalue weighted by Gasteiger charge is 2.33. The van der Waals surface area contributed by atoms with Crippen LogP contribution < -0.4 is 55.7 Å². The third-order valence-corrected chi connectivity index (χ3v) is 7.63. The Bertz CT molecular complexity index is 1210. The maximum Gasteiger partial charge on any atom is 0.326 e. The molecule has 0 rings (SSSR count). The van der Waals surface area contributed by atoms with Crippen molar-refractivity contribution in [2.24, 2.45) is 50.3 Å². The zero-order chi connectivity index (χ0) is 38.4. The second kappa shape index (κ2) is 24.5. The van der Waals surface area contributed by atoms with Gasteiger partial charge in [0.2, 0.25) is 23.6 Å². The number of hydrogen-bond acceptors (Lipinski definition) is 11. The molecule has 0 aliphatic rings. The number of aliphatic carboxylic acids is 1. The molecule has 50 heavy (non-hydrogen) atoms. The van der Waals surface area contributed by atoms with E-state index in [-0.39, 0.29) is 63.0 Å². The number of aliphatic imine (C=N–C) groups is 2. The van der Waals surface area contributed by atoms with Gasteiger partial charge in [0.05, 0.1) is 12.6 Å². The van der Waals surface area contributed by atoms with Crippen LogP contribution in [-0.4, -0.2) is 113 Å². The van der Waals surface area contributed by atoms with Crippen LogP contribution in [0.1, 0.15) is 65.2 Å². The van der Waals surface area contributed by atoms with Crippen LogP contribution in [0.3, 0.4) is 0 Å². The van der Waals surface area contributed by atoms with Crippen LogP contribution in [0.2, 0.25) is 0 Å². The van der Waals surface area contributed by atoms with Crippen molar-refractivity contribution in [3.8, 4) is 0 Å². The molecule has 0 saturated carbocycles. The third kappa shape index (κ3) is 22.1. The largest absolute Gasteiger partial charge is 0.480 e. The van der Waals surface area contributed by atoms with Crippen molar-refractivity contribution in [1.82, 2.24) is 21.3 Å². The summed E-state index contributed by atoms with van der Waals surface area (Å²) in [6.45, 7) is -1.04. The lowest BCUT2D eigenvalue weighted by Crippen LogP contribution is -2.59. The summed E-state index contributed by atoms with van der Waals surface area (Å²) < 4.78 is 4.87. The van der Waals surface area contributed by atoms with Gasteiger partial charge in [-0.1, -0.05) is 20.3 Å². The van der Waals surface area contributed by atoms with Gasteiger partial charge in [-0.05, 0) is 69.2 Å². The molecule has 0 aromatic heterocycles. The van der Waals surface area contributed by atoms with Gasteiger partial charge in [-0.3, -0.25) is 29.2 Å². The standard InChI is InChI=1S/C27H55N12O9PS/c1-15(2)13-19(23(42)37-18(25(44)45)9-6-12-35-27(32)33)38-24(43)20(14-48-49(46,47)50)39-22(41)17(8-5-11-34-26(30)31)36-21(40)16(29)7-3-4-10-28/h15-20H,3-14,28-29H2,1-2H3,(H,36,40)(H,37,42)(H,38,43)(H,39,41)(H,44,45)(H4,30,31,34)(H4,32,33,35)(H2,46,47,50)/t16-,17-,18-,19-,20-/m0/s1. The van der Waals surface area contributed by atoms with Crippen LogP contribution in [0.15, 0.2) is 9.98 Å². The first-order valence-corrected chi connectivity index (χ1v) is 18.6. The van der Waals surface area contributed by atoms with Gasteiger partial charge in [0.25, 0.3) is 0 Å². The molecule has 0 aromatic carbocycles. The maximum absolute atomic E-state index is 13.5. The molecule has 0 saturated heterocycles. The van der Waals surface area contributed by atoms with E-state index in [0.717, 1.165) is 0 Å². The number of carbonyl (C=O) groups excluding carboxylic acids is 4. The highest BCUT2D eigenvalue weighted by Crippen LogP contribution is 2.36. The van der Waals surface area contributed by atoms with Gasteiger partial charge < -0.3 is 75.1 Å². The van der Waals surface area contributed by atoms with Gasteiger partial charge in [-0.25, -0.2) is 4.79 Å². The summed E-state index contributed by atoms with van der Waals surface area (Å²) in [6, 6.07) is -6.54. The first-order valence-electron chi connectivity index (χ1n) is 16.0. The second-order valence-electron chi connectivity index (χ2n) is 11.8. The number of amides is 4. The number of nitrogens with zero attached hydrogens (tertiary/aromatic N) is 2. The number of carboxylic acids is 1. The second-order valence-corrected chi connectivity index (χ2v) is 14.5. The molecule has 0 aliphatic heterocycles. The van der Waals surface area contributed by atoms with Crippen LogP contribution in [-0.2, 0) is 40.3 Å². The summed E-state index contributed by atoms with van der Waals surface area (Å²) in [5.74, 6) is -5.26. The number of guanidine groups is 2. The predicted molar refractivity (Wildman–Crippen MR) is 190 cm³/mol. The lowest BCUT2D eigenvalue weighted by Gasteiger charge is -2.27. The Kier molecular flexibility index (Phi) is 22.7. The molecule has 21 nitrogen and oxygen atoms in total. The van der Waals surface area contributed by atoms with Crippen molar-refractivity contribution in [3.05, 3.63) is 0 Å². The van der Waals surface area contributed by atoms with E-state index < -0.39 is 73.1 Å². The van der Waals surface area contributed by atoms with Crippen LogP contribution in [0, 0.1) is 5.92 Å². The molecule has 23 heteroatoms. The quantitative estimate of drug-likeness (QED) is 0.0172. The predicted octanol–water partition coefficient (Wildman–Crippen LogP) is -4.15. The molecular weight excluding hydrogens is 699 g/mol. The molecule has 0 aromatic rings. The summed E-state index contributed by atoms with van der Waals surface area (Å²) in [5.41, 5.74) is 32.8. The van der Waals surface area contributed by atoms with E-state index in [0.29, 0.717) is 25.8 Å². The normalized spacial score (nSPS) is 14.3. The van der Waals surface area contributed by atoms with Crippen molar-refractivity contribution in [1.29, 1.82) is 0 Å². The molecule has 0 heterocycles. The Morgan fingerprint density at radius 3 is 1.66 bits per heavy atom. The molecule has 288 valence electrons. The fourth-order valence-electron chi connectivity index (χ4n) is 4.33. The van der Waals surface area contributed by atoms with Gasteiger partial charge >= 0.3 is 12.7 Å². The summed E-state index contributed by atoms with van der Waals surface area (Å²) in [5, 5.41) is 19.4. The first-order chi connectivity index (χ1) is 23.3. The summed E-state index contributed by atoms with van der Waals surface area (Å²) in [6.07, 6.45) is 1.94. The number of nitrogens with one attached hydrogen (secondary N) is 4. The molecule has 0 spiro atoms. The molecule has 0 radical (unpaired) electrons. The topological polar surface area (TPSA) is 384 Å². The Labute approximate surface area is 296 Å². The average molecular weight is 755 g/mol. The van der Waals surface area contributed by atoms with Crippen LogP contribution >= 0.6 is 6.72 Å². The highest BCUT2D eigenvalue weighted by atomic mass is 32.5. The maximum atomic E-state index is 13.5. The van der Waals surface area contributed by atoms with Crippen LogP contribution in [0.25, 0.3) is 0 Å². The van der Waals surface area contributed by atoms with E-state index in [1.807, 2.05) is 0 Å². The van der Waals surface area contributed by atoms with Gasteiger partial charge in [-0.2, -0.15) is 0 Å². The Hall–Kier alpha value is -3.66. The number of carbonyl (C=O) groups is 5. The lowest BCUT2D eigenvalue weighted by atomic mass is 10.0. The SMILES string of the molecule is CC(C)C[C@H](NC(=O)[C@H](COP(O)(O)=S)NC(=O)[C@H](CCCN=C(N)N)NC(=O)[C@@H](N)CCCCN)C(=O)N[C@@H](CCCN=C(N)N)C(=O)O. The van der Waals surface area contributed by atoms with E-state index in [4.69, 9.17) is 38.9 Å². The molecule has 19 N–H and O–H groups in total. The van der Waals surface area contributed by atoms with Crippen molar-refractivity contribution in [3.63, 3.8) is 0 Å². The van der Waals surface area contributed by atoms with E-state index in [1.54, 1.807) is 13.8 Å². The molecule has 0 fully saturated rings. The van der Waals surface area contributed by atoms with Gasteiger partial charge in [0.15, 0.2) is 11.9 Å². The average Bonchev–Trinajstić information content (AvgIpc) is 3.00. The minimum absolute atomic E-state index is 0.00478. The monoisotopic (exact) mass is 754 g/mol. The van der Waals surface area contributed by atoms with Crippen molar-refractivity contribution >= 4 is 60.0 Å². The highest BCUT2D eigenvalue weighted by molar-refractivity contribution is 8.06. The number of hydrogen-bond donors (Lipinski definition) is 13. The molecule has 0 unspecified atom stereocenters. The van der Waals surface area contributed by atoms with Gasteiger partial charge in [0.1, 0.15) is 24.2 Å². The van der Waals surface area contributed by atoms with Crippen LogP contribution in [0.4, 0.5) is 0 Å². The van der Waals surface area contributed by atoms with Crippen molar-refractivity contribution < 1.29 is 43.4 Å². The minimum Gasteiger partial charge on any atom is -0.480 e. The summed E-state index contributed by atoms with van der Waals surface area (Å²) in [7, 11) is 0. The minimum atomic E-state index is -4.33. The van der Waals surface area contributed by atoms with E-state index in [9.17, 15) is 38.9 Å². The summed E-state index contributed by atoms with van der Waals surface area (Å²) in [4.78, 5) is 91.9. The Morgan fingerprint density at radius 1 is 0.720 bits per heavy atom. The zero-order valence-electron chi connectivity index (χ0n) is 28.5. The van der Waals surface area contributed by atoms with Crippen molar-refractivity contribution in [2.75, 3.05) is 26.2 Å². The zero-order valence-corrected chi connectivity index (χ0v) is 30.2. The van der Waals surface area contributed by atoms with Crippen molar-refractivity contribution in [2.45, 2.75) is 95.4 Å². The number of nitrogens with two attached hydrogens (primary N) is 6. The fourth-order valence-corrected chi connectivity index (χ4v) is 4.85. The first kappa shape index (κ1) is 46.3. The van der Waals surface area contributed by atoms with E-state index in [1.165, 1.54) is 0 Å². The van der Waals surface area contributed by atoms with Gasteiger partial charge in [0, 0.05) is 13.1 Å². The molecule has 5 atom stereocenters. The van der Waals surface area contributed by atoms with Gasteiger partial charge in [-0.15, -0.1) is 0 Å². The van der Waals surface area contributed by atoms with E-state index >= 15 is 0 Å². The fraction of sp³-hybridized carbons (Fsp3) is 0.741. The molecular formula is C27H55N12O9PS. The smallest absolute Gasteiger partial charge is 0.326 e. The van der Waals surface area contributed by atoms with E-state index in [2.05, 4.69) is 43.1 Å². The number of carboxylic acid groups (broad SMARTS) is 1. The number of rotatable bonds is 26. The van der Waals surface area contributed by atoms with Crippen LogP contribution in [0.5, 0.6) is 0 Å². The lowest BCUT2D eigenvalue weighted by molar-refractivity contribution is -0.142.